The summed E-state index contributed by atoms with van der Waals surface area (Å²) >= 11 is 0. The van der Waals surface area contributed by atoms with Crippen LogP contribution in [-0.4, -0.2) is 29.8 Å². The highest BCUT2D eigenvalue weighted by atomic mass is 19.4. The highest BCUT2D eigenvalue weighted by Crippen LogP contribution is 2.35. The van der Waals surface area contributed by atoms with Crippen LogP contribution in [-0.2, 0) is 4.79 Å². The molecule has 0 spiro atoms. The molecule has 0 saturated carbocycles. The normalized spacial score (nSPS) is 12.6. The molecule has 3 N–H and O–H groups in total. The monoisotopic (exact) mass is 340 g/mol. The molecule has 0 fully saturated rings. The Morgan fingerprint density at radius 1 is 1.17 bits per heavy atom. The first-order valence-corrected chi connectivity index (χ1v) is 6.39. The van der Waals surface area contributed by atoms with Gasteiger partial charge in [-0.1, -0.05) is 6.07 Å². The predicted molar refractivity (Wildman–Crippen MR) is 68.6 cm³/mol. The number of nitrogens with one attached hydrogen (secondary N) is 2. The van der Waals surface area contributed by atoms with Crippen LogP contribution < -0.4 is 10.6 Å². The van der Waals surface area contributed by atoms with E-state index in [0.717, 1.165) is 6.07 Å². The molecule has 1 aromatic carbocycles. The molecule has 2 amide bonds. The van der Waals surface area contributed by atoms with Crippen LogP contribution in [0.3, 0.4) is 0 Å². The predicted octanol–water partition coefficient (Wildman–Crippen LogP) is 2.73. The number of hydrogen-bond donors (Lipinski definition) is 3. The number of rotatable bonds is 6. The van der Waals surface area contributed by atoms with Crippen LogP contribution in [0.15, 0.2) is 18.2 Å². The maximum atomic E-state index is 13.5. The highest BCUT2D eigenvalue weighted by Gasteiger charge is 2.44. The molecule has 0 saturated heterocycles. The van der Waals surface area contributed by atoms with Crippen molar-refractivity contribution in [2.24, 2.45) is 0 Å². The van der Waals surface area contributed by atoms with Crippen molar-refractivity contribution in [3.63, 3.8) is 0 Å². The Bertz CT molecular complexity index is 557. The Morgan fingerprint density at radius 2 is 1.74 bits per heavy atom. The molecule has 1 rings (SSSR count). The lowest BCUT2D eigenvalue weighted by Gasteiger charge is -2.23. The van der Waals surface area contributed by atoms with E-state index in [4.69, 9.17) is 5.11 Å². The van der Waals surface area contributed by atoms with Gasteiger partial charge in [0.05, 0.1) is 5.56 Å². The van der Waals surface area contributed by atoms with Crippen molar-refractivity contribution in [2.45, 2.75) is 25.1 Å². The average Bonchev–Trinajstić information content (AvgIpc) is 2.41. The van der Waals surface area contributed by atoms with E-state index in [0.29, 0.717) is 12.1 Å². The fourth-order valence-corrected chi connectivity index (χ4v) is 1.73. The van der Waals surface area contributed by atoms with Gasteiger partial charge in [-0.2, -0.15) is 13.2 Å². The summed E-state index contributed by atoms with van der Waals surface area (Å²) in [6, 6.07) is -2.01. The van der Waals surface area contributed by atoms with Crippen LogP contribution in [0.1, 0.15) is 24.4 Å². The first kappa shape index (κ1) is 18.7. The van der Waals surface area contributed by atoms with Gasteiger partial charge in [0, 0.05) is 13.0 Å². The molecule has 0 aliphatic carbocycles. The molecular weight excluding hydrogens is 327 g/mol. The number of alkyl halides is 3. The Labute approximate surface area is 127 Å². The van der Waals surface area contributed by atoms with E-state index in [1.165, 1.54) is 5.32 Å². The third-order valence-electron chi connectivity index (χ3n) is 2.74. The lowest BCUT2D eigenvalue weighted by atomic mass is 10.1. The third-order valence-corrected chi connectivity index (χ3v) is 2.74. The Hall–Kier alpha value is -2.39. The van der Waals surface area contributed by atoms with E-state index in [9.17, 15) is 31.5 Å². The molecule has 23 heavy (non-hydrogen) atoms. The molecule has 10 heteroatoms. The van der Waals surface area contributed by atoms with Gasteiger partial charge in [-0.25, -0.2) is 13.6 Å². The molecule has 0 radical (unpaired) electrons. The Morgan fingerprint density at radius 3 is 2.22 bits per heavy atom. The molecule has 1 aromatic rings. The van der Waals surface area contributed by atoms with Crippen molar-refractivity contribution in [2.75, 3.05) is 6.54 Å². The van der Waals surface area contributed by atoms with Crippen molar-refractivity contribution in [1.82, 2.24) is 10.6 Å². The van der Waals surface area contributed by atoms with E-state index in [1.54, 1.807) is 0 Å². The maximum absolute atomic E-state index is 13.5. The van der Waals surface area contributed by atoms with Gasteiger partial charge in [0.25, 0.3) is 0 Å². The molecule has 1 unspecified atom stereocenters. The van der Waals surface area contributed by atoms with Crippen LogP contribution >= 0.6 is 0 Å². The number of carbonyl (C=O) groups excluding carboxylic acids is 1. The van der Waals surface area contributed by atoms with Gasteiger partial charge in [0.2, 0.25) is 0 Å². The number of amides is 2. The molecule has 0 bridgehead atoms. The second kappa shape index (κ2) is 7.75. The lowest BCUT2D eigenvalue weighted by Crippen LogP contribution is -2.44. The molecule has 0 heterocycles. The zero-order valence-corrected chi connectivity index (χ0v) is 11.6. The summed E-state index contributed by atoms with van der Waals surface area (Å²) in [5, 5.41) is 11.8. The van der Waals surface area contributed by atoms with Gasteiger partial charge < -0.3 is 15.7 Å². The second-order valence-electron chi connectivity index (χ2n) is 4.51. The standard InChI is InChI=1S/C13H13F5N2O3/c14-7-3-1-4-8(15)10(7)11(13(16,17)18)20-12(23)19-6-2-5-9(21)22/h1,3-4,11H,2,5-6H2,(H,21,22)(H2,19,20,23). The fourth-order valence-electron chi connectivity index (χ4n) is 1.73. The zero-order chi connectivity index (χ0) is 17.6. The molecule has 5 nitrogen and oxygen atoms in total. The second-order valence-corrected chi connectivity index (χ2v) is 4.51. The van der Waals surface area contributed by atoms with Gasteiger partial charge in [-0.3, -0.25) is 4.79 Å². The highest BCUT2D eigenvalue weighted by molar-refractivity contribution is 5.74. The Balaban J connectivity index is 2.81. The third kappa shape index (κ3) is 5.72. The number of hydrogen-bond acceptors (Lipinski definition) is 2. The Kier molecular flexibility index (Phi) is 6.28. The van der Waals surface area contributed by atoms with Crippen LogP contribution in [0.5, 0.6) is 0 Å². The van der Waals surface area contributed by atoms with Crippen LogP contribution in [0.25, 0.3) is 0 Å². The van der Waals surface area contributed by atoms with Gasteiger partial charge >= 0.3 is 18.2 Å². The SMILES string of the molecule is O=C(O)CCCNC(=O)NC(c1c(F)cccc1F)C(F)(F)F. The topological polar surface area (TPSA) is 78.4 Å². The molecule has 128 valence electrons. The number of benzene rings is 1. The van der Waals surface area contributed by atoms with Gasteiger partial charge in [0.15, 0.2) is 6.04 Å². The van der Waals surface area contributed by atoms with Crippen molar-refractivity contribution in [3.8, 4) is 0 Å². The summed E-state index contributed by atoms with van der Waals surface area (Å²) in [5.41, 5.74) is -1.32. The summed E-state index contributed by atoms with van der Waals surface area (Å²) in [6.45, 7) is -0.206. The summed E-state index contributed by atoms with van der Waals surface area (Å²) in [4.78, 5) is 21.7. The summed E-state index contributed by atoms with van der Waals surface area (Å²) < 4.78 is 65.9. The number of carboxylic acid groups (broad SMARTS) is 1. The maximum Gasteiger partial charge on any atom is 0.413 e. The lowest BCUT2D eigenvalue weighted by molar-refractivity contribution is -0.156. The summed E-state index contributed by atoms with van der Waals surface area (Å²) in [5.74, 6) is -4.02. The number of aliphatic carboxylic acids is 1. The van der Waals surface area contributed by atoms with Crippen molar-refractivity contribution >= 4 is 12.0 Å². The molecule has 0 aliphatic heterocycles. The summed E-state index contributed by atoms with van der Waals surface area (Å²) in [7, 11) is 0. The van der Waals surface area contributed by atoms with Gasteiger partial charge in [-0.05, 0) is 18.6 Å². The quantitative estimate of drug-likeness (QED) is 0.550. The van der Waals surface area contributed by atoms with E-state index >= 15 is 0 Å². The molecule has 0 aromatic heterocycles. The van der Waals surface area contributed by atoms with E-state index < -0.39 is 41.4 Å². The molecule has 1 atom stereocenters. The van der Waals surface area contributed by atoms with Gasteiger partial charge in [0.1, 0.15) is 11.6 Å². The van der Waals surface area contributed by atoms with Crippen LogP contribution in [0.2, 0.25) is 0 Å². The zero-order valence-electron chi connectivity index (χ0n) is 11.6. The number of carbonyl (C=O) groups is 2. The van der Waals surface area contributed by atoms with E-state index in [1.807, 2.05) is 5.32 Å². The molecule has 0 aliphatic rings. The molecular formula is C13H13F5N2O3. The van der Waals surface area contributed by atoms with Crippen molar-refractivity contribution < 1.29 is 36.6 Å². The van der Waals surface area contributed by atoms with Crippen LogP contribution in [0.4, 0.5) is 26.7 Å². The van der Waals surface area contributed by atoms with Gasteiger partial charge in [-0.15, -0.1) is 0 Å². The average molecular weight is 340 g/mol. The van der Waals surface area contributed by atoms with E-state index in [2.05, 4.69) is 0 Å². The number of urea groups is 1. The summed E-state index contributed by atoms with van der Waals surface area (Å²) in [6.07, 6.45) is -5.42. The number of carboxylic acids is 1. The minimum Gasteiger partial charge on any atom is -0.481 e. The van der Waals surface area contributed by atoms with Crippen molar-refractivity contribution in [1.29, 1.82) is 0 Å². The van der Waals surface area contributed by atoms with Crippen LogP contribution in [0, 0.1) is 11.6 Å². The smallest absolute Gasteiger partial charge is 0.413 e. The largest absolute Gasteiger partial charge is 0.481 e. The first-order chi connectivity index (χ1) is 10.6. The van der Waals surface area contributed by atoms with E-state index in [-0.39, 0.29) is 19.4 Å². The number of halogens is 5. The van der Waals surface area contributed by atoms with Crippen molar-refractivity contribution in [3.05, 3.63) is 35.4 Å². The minimum atomic E-state index is -5.12. The first-order valence-electron chi connectivity index (χ1n) is 6.39. The minimum absolute atomic E-state index is 0.00645. The fraction of sp³-hybridized carbons (Fsp3) is 0.385.